The number of carbonyl (C=O) groups excluding carboxylic acids is 4. The van der Waals surface area contributed by atoms with Crippen molar-refractivity contribution >= 4 is 44.7 Å². The molecule has 0 unspecified atom stereocenters. The van der Waals surface area contributed by atoms with Crippen LogP contribution in [0.15, 0.2) is 30.4 Å². The quantitative estimate of drug-likeness (QED) is 0.329. The Morgan fingerprint density at radius 1 is 1.11 bits per heavy atom. The van der Waals surface area contributed by atoms with Crippen molar-refractivity contribution in [1.82, 2.24) is 24.8 Å². The fourth-order valence-corrected chi connectivity index (χ4v) is 11.0. The average Bonchev–Trinajstić information content (AvgIpc) is 4.06. The summed E-state index contributed by atoms with van der Waals surface area (Å²) in [6, 6.07) is 1.61. The molecule has 2 aromatic rings. The van der Waals surface area contributed by atoms with E-state index in [-0.39, 0.29) is 55.6 Å². The molecule has 0 bridgehead atoms. The Kier molecular flexibility index (Phi) is 8.74. The number of halogens is 3. The second kappa shape index (κ2) is 12.8. The Balaban J connectivity index is 1.15. The van der Waals surface area contributed by atoms with Gasteiger partial charge in [0, 0.05) is 23.3 Å². The molecule has 4 fully saturated rings. The number of aromatic nitrogens is 1. The minimum Gasteiger partial charge on any atom is -0.483 e. The molecule has 2 saturated heterocycles. The first kappa shape index (κ1) is 37.5. The number of para-hydroxylation sites is 1. The first-order chi connectivity index (χ1) is 25.9. The standard InChI is InChI=1S/C38H44F3N5O8S/c1-21(2)53-34(50)43-27-13-8-6-4-5-7-10-23-18-37(23,33(49)46-36(16-17-36)55(46,51)52)44-31(47)28-19-35(20-45(28)32(27)48)15-14-25-24-11-9-12-26(38(39,40)41)29(24)42-22(3)30(25)54-35/h7,9-12,21,23,27-28H,4-6,8,13-20H2,1-3H3,(H,43,50)(H,44,47)/b10-7-/t23-,27+,28+,35-,37-,46?/m1/s1. The summed E-state index contributed by atoms with van der Waals surface area (Å²) < 4.78 is 80.6. The number of rotatable bonds is 3. The molecule has 6 aliphatic rings. The first-order valence-electron chi connectivity index (χ1n) is 19.0. The fourth-order valence-electron chi connectivity index (χ4n) is 8.90. The van der Waals surface area contributed by atoms with E-state index in [9.17, 15) is 40.8 Å². The number of pyridine rings is 1. The molecule has 5 heterocycles. The molecule has 1 aromatic carbocycles. The van der Waals surface area contributed by atoms with Crippen molar-refractivity contribution in [2.45, 2.75) is 132 Å². The lowest BCUT2D eigenvalue weighted by Crippen LogP contribution is -2.57. The Labute approximate surface area is 316 Å². The van der Waals surface area contributed by atoms with E-state index in [1.54, 1.807) is 26.8 Å². The first-order valence-corrected chi connectivity index (χ1v) is 20.4. The van der Waals surface area contributed by atoms with Gasteiger partial charge in [-0.3, -0.25) is 14.4 Å². The van der Waals surface area contributed by atoms with E-state index in [0.29, 0.717) is 36.6 Å². The van der Waals surface area contributed by atoms with Crippen LogP contribution >= 0.6 is 0 Å². The molecule has 4 aliphatic heterocycles. The van der Waals surface area contributed by atoms with Crippen molar-refractivity contribution in [3.05, 3.63) is 47.2 Å². The molecule has 2 N–H and O–H groups in total. The van der Waals surface area contributed by atoms with Crippen LogP contribution in [0.5, 0.6) is 5.75 Å². The highest BCUT2D eigenvalue weighted by atomic mass is 32.2. The summed E-state index contributed by atoms with van der Waals surface area (Å²) in [5.74, 6) is -2.09. The lowest BCUT2D eigenvalue weighted by atomic mass is 9.86. The monoisotopic (exact) mass is 787 g/mol. The minimum absolute atomic E-state index is 0.0377. The van der Waals surface area contributed by atoms with Crippen molar-refractivity contribution in [2.75, 3.05) is 6.54 Å². The summed E-state index contributed by atoms with van der Waals surface area (Å²) in [5, 5.41) is 5.90. The number of hydrogen-bond donors (Lipinski definition) is 2. The normalized spacial score (nSPS) is 31.4. The molecular formula is C38H44F3N5O8S. The minimum atomic E-state index is -4.63. The molecular weight excluding hydrogens is 744 g/mol. The number of allylic oxidation sites excluding steroid dienone is 1. The molecule has 8 rings (SSSR count). The van der Waals surface area contributed by atoms with Gasteiger partial charge in [-0.05, 0) is 78.2 Å². The summed E-state index contributed by atoms with van der Waals surface area (Å²) in [6.45, 7) is 4.81. The molecule has 5 atom stereocenters. The van der Waals surface area contributed by atoms with Gasteiger partial charge in [-0.2, -0.15) is 13.2 Å². The molecule has 2 spiro atoms. The smallest absolute Gasteiger partial charge is 0.418 e. The van der Waals surface area contributed by atoms with Gasteiger partial charge in [0.25, 0.3) is 15.9 Å². The highest BCUT2D eigenvalue weighted by Crippen LogP contribution is 2.64. The fraction of sp³-hybridized carbons (Fsp3) is 0.605. The maximum absolute atomic E-state index is 14.6. The number of nitrogens with zero attached hydrogens (tertiary/aromatic N) is 3. The lowest BCUT2D eigenvalue weighted by molar-refractivity contribution is -0.141. The van der Waals surface area contributed by atoms with E-state index < -0.39 is 85.7 Å². The van der Waals surface area contributed by atoms with Crippen LogP contribution in [-0.2, 0) is 41.7 Å². The third-order valence-corrected chi connectivity index (χ3v) is 14.4. The number of nitrogens with one attached hydrogen (secondary N) is 2. The van der Waals surface area contributed by atoms with Crippen LogP contribution in [0.25, 0.3) is 10.9 Å². The number of aryl methyl sites for hydroxylation is 2. The topological polar surface area (TPSA) is 164 Å². The van der Waals surface area contributed by atoms with Crippen LogP contribution < -0.4 is 15.4 Å². The third-order valence-electron chi connectivity index (χ3n) is 12.0. The third kappa shape index (κ3) is 6.20. The molecule has 2 aliphatic carbocycles. The predicted molar refractivity (Wildman–Crippen MR) is 191 cm³/mol. The molecule has 1 aromatic heterocycles. The molecule has 4 amide bonds. The van der Waals surface area contributed by atoms with Gasteiger partial charge in [0.05, 0.1) is 29.4 Å². The molecule has 17 heteroatoms. The second-order valence-electron chi connectivity index (χ2n) is 16.2. The zero-order chi connectivity index (χ0) is 39.3. The molecule has 13 nitrogen and oxygen atoms in total. The van der Waals surface area contributed by atoms with E-state index in [1.165, 1.54) is 11.0 Å². The van der Waals surface area contributed by atoms with Crippen molar-refractivity contribution in [3.8, 4) is 5.75 Å². The number of sulfonamides is 1. The van der Waals surface area contributed by atoms with E-state index in [1.807, 2.05) is 12.2 Å². The van der Waals surface area contributed by atoms with Crippen LogP contribution in [0.2, 0.25) is 0 Å². The lowest BCUT2D eigenvalue weighted by Gasteiger charge is -2.37. The molecule has 2 saturated carbocycles. The molecule has 55 heavy (non-hydrogen) atoms. The van der Waals surface area contributed by atoms with Gasteiger partial charge in [0.1, 0.15) is 29.0 Å². The summed E-state index contributed by atoms with van der Waals surface area (Å²) in [5.41, 5.74) is -2.99. The number of hydrogen-bond acceptors (Lipinski definition) is 9. The van der Waals surface area contributed by atoms with Crippen LogP contribution in [0.1, 0.15) is 94.9 Å². The van der Waals surface area contributed by atoms with Gasteiger partial charge in [0.2, 0.25) is 11.8 Å². The average molecular weight is 788 g/mol. The van der Waals surface area contributed by atoms with Gasteiger partial charge in [-0.1, -0.05) is 37.1 Å². The largest absolute Gasteiger partial charge is 0.483 e. The Morgan fingerprint density at radius 2 is 1.87 bits per heavy atom. The number of fused-ring (bicyclic) bond motifs is 5. The number of carbonyl (C=O) groups is 4. The maximum Gasteiger partial charge on any atom is 0.418 e. The Morgan fingerprint density at radius 3 is 2.56 bits per heavy atom. The van der Waals surface area contributed by atoms with Crippen molar-refractivity contribution in [2.24, 2.45) is 5.92 Å². The van der Waals surface area contributed by atoms with Crippen LogP contribution in [-0.4, -0.2) is 87.2 Å². The van der Waals surface area contributed by atoms with Gasteiger partial charge >= 0.3 is 12.3 Å². The van der Waals surface area contributed by atoms with Crippen molar-refractivity contribution in [1.29, 1.82) is 0 Å². The van der Waals surface area contributed by atoms with Crippen LogP contribution in [0.4, 0.5) is 18.0 Å². The zero-order valence-electron chi connectivity index (χ0n) is 30.8. The Bertz CT molecular complexity index is 2140. The van der Waals surface area contributed by atoms with Crippen molar-refractivity contribution < 1.29 is 50.2 Å². The summed E-state index contributed by atoms with van der Waals surface area (Å²) in [4.78, 5) is 60.6. The number of benzene rings is 1. The van der Waals surface area contributed by atoms with E-state index in [4.69, 9.17) is 9.47 Å². The molecule has 0 radical (unpaired) electrons. The number of amides is 4. The summed E-state index contributed by atoms with van der Waals surface area (Å²) >= 11 is 0. The molecule has 296 valence electrons. The zero-order valence-corrected chi connectivity index (χ0v) is 31.6. The number of alkyl halides is 3. The highest BCUT2D eigenvalue weighted by Gasteiger charge is 2.83. The summed E-state index contributed by atoms with van der Waals surface area (Å²) in [7, 11) is -3.80. The van der Waals surface area contributed by atoms with Gasteiger partial charge in [-0.15, -0.1) is 0 Å². The number of alkyl carbamates (subject to hydrolysis) is 1. The van der Waals surface area contributed by atoms with Gasteiger partial charge < -0.3 is 25.0 Å². The van der Waals surface area contributed by atoms with Gasteiger partial charge in [0.15, 0.2) is 4.87 Å². The summed E-state index contributed by atoms with van der Waals surface area (Å²) in [6.07, 6.45) is 2.20. The van der Waals surface area contributed by atoms with Crippen molar-refractivity contribution in [3.63, 3.8) is 0 Å². The van der Waals surface area contributed by atoms with Crippen LogP contribution in [0, 0.1) is 12.8 Å². The second-order valence-corrected chi connectivity index (χ2v) is 18.3. The van der Waals surface area contributed by atoms with Crippen LogP contribution in [0.3, 0.4) is 0 Å². The number of ether oxygens (including phenoxy) is 2. The van der Waals surface area contributed by atoms with E-state index in [2.05, 4.69) is 15.6 Å². The maximum atomic E-state index is 14.6. The van der Waals surface area contributed by atoms with Gasteiger partial charge in [-0.25, -0.2) is 22.5 Å². The highest BCUT2D eigenvalue weighted by molar-refractivity contribution is 7.98. The Hall–Kier alpha value is -4.41. The van der Waals surface area contributed by atoms with E-state index in [0.717, 1.165) is 23.2 Å². The van der Waals surface area contributed by atoms with E-state index >= 15 is 0 Å². The predicted octanol–water partition coefficient (Wildman–Crippen LogP) is 4.79. The SMILES string of the molecule is Cc1nc2c(C(F)(F)F)cccc2c2c1O[C@]1(CC2)C[C@H]2C(=O)N[C@]3(C(=O)N4C5(CC5)S4(=O)=O)C[C@H]3/C=C\CCCCC[C@H](NC(=O)OC(C)C)C(=O)N2C1.